The summed E-state index contributed by atoms with van der Waals surface area (Å²) in [5.74, 6) is 0.978. The Morgan fingerprint density at radius 2 is 1.18 bits per heavy atom. The van der Waals surface area contributed by atoms with E-state index in [1.165, 1.54) is 103 Å². The average Bonchev–Trinajstić information content (AvgIpc) is 2.55. The summed E-state index contributed by atoms with van der Waals surface area (Å²) >= 11 is 0. The summed E-state index contributed by atoms with van der Waals surface area (Å²) < 4.78 is 0. The second-order valence-electron chi connectivity index (χ2n) is 8.01. The third kappa shape index (κ3) is 7.99. The summed E-state index contributed by atoms with van der Waals surface area (Å²) in [6, 6.07) is 0. The third-order valence-corrected chi connectivity index (χ3v) is 6.03. The lowest BCUT2D eigenvalue weighted by atomic mass is 9.67. The molecule has 0 aromatic rings. The molecule has 22 heavy (non-hydrogen) atoms. The molecule has 0 unspecified atom stereocenters. The predicted octanol–water partition coefficient (Wildman–Crippen LogP) is 6.71. The molecule has 1 heterocycles. The Bertz CT molecular complexity index is 228. The zero-order valence-electron chi connectivity index (χ0n) is 15.9. The van der Waals surface area contributed by atoms with Crippen molar-refractivity contribution >= 4 is 0 Å². The van der Waals surface area contributed by atoms with Gasteiger partial charge in [0.1, 0.15) is 0 Å². The van der Waals surface area contributed by atoms with E-state index in [1.807, 2.05) is 0 Å². The molecule has 1 aliphatic heterocycles. The van der Waals surface area contributed by atoms with Crippen LogP contribution in [0.3, 0.4) is 0 Å². The molecule has 1 saturated heterocycles. The van der Waals surface area contributed by atoms with E-state index >= 15 is 0 Å². The second-order valence-corrected chi connectivity index (χ2v) is 8.01. The van der Waals surface area contributed by atoms with E-state index in [0.29, 0.717) is 5.41 Å². The van der Waals surface area contributed by atoms with Gasteiger partial charge in [-0.05, 0) is 50.1 Å². The number of hydrogen-bond acceptors (Lipinski definition) is 1. The molecule has 1 rings (SSSR count). The molecule has 0 radical (unpaired) electrons. The average molecular weight is 310 g/mol. The molecule has 0 aromatic heterocycles. The highest BCUT2D eigenvalue weighted by atomic mass is 14.9. The number of nitrogens with one attached hydrogen (secondary N) is 1. The van der Waals surface area contributed by atoms with E-state index < -0.39 is 0 Å². The summed E-state index contributed by atoms with van der Waals surface area (Å²) in [5, 5.41) is 3.55. The summed E-state index contributed by atoms with van der Waals surface area (Å²) in [6.45, 7) is 9.77. The van der Waals surface area contributed by atoms with E-state index in [2.05, 4.69) is 26.1 Å². The van der Waals surface area contributed by atoms with Crippen LogP contribution in [0, 0.1) is 11.3 Å². The highest BCUT2D eigenvalue weighted by Gasteiger charge is 2.33. The zero-order chi connectivity index (χ0) is 16.1. The van der Waals surface area contributed by atoms with Gasteiger partial charge in [0.25, 0.3) is 0 Å². The molecule has 0 bridgehead atoms. The van der Waals surface area contributed by atoms with Crippen LogP contribution in [0.15, 0.2) is 0 Å². The smallest absolute Gasteiger partial charge is 0.00461 e. The van der Waals surface area contributed by atoms with Crippen molar-refractivity contribution in [1.82, 2.24) is 5.32 Å². The number of piperidine rings is 1. The maximum Gasteiger partial charge on any atom is -0.00461 e. The van der Waals surface area contributed by atoms with Gasteiger partial charge in [0.05, 0.1) is 0 Å². The quantitative estimate of drug-likeness (QED) is 0.373. The number of unbranched alkanes of at least 4 members (excludes halogenated alkanes) is 8. The fraction of sp³-hybridized carbons (Fsp3) is 1.00. The minimum Gasteiger partial charge on any atom is -0.317 e. The van der Waals surface area contributed by atoms with Crippen molar-refractivity contribution in [3.63, 3.8) is 0 Å². The normalized spacial score (nSPS) is 17.0. The Hall–Kier alpha value is -0.0400. The van der Waals surface area contributed by atoms with E-state index in [1.54, 1.807) is 0 Å². The molecule has 0 spiro atoms. The molecule has 0 aliphatic carbocycles. The van der Waals surface area contributed by atoms with Gasteiger partial charge in [-0.25, -0.2) is 0 Å². The van der Waals surface area contributed by atoms with Crippen molar-refractivity contribution in [2.45, 2.75) is 111 Å². The van der Waals surface area contributed by atoms with Crippen molar-refractivity contribution in [2.24, 2.45) is 11.3 Å². The maximum atomic E-state index is 3.55. The molecule has 0 aromatic carbocycles. The molecule has 0 saturated carbocycles. The van der Waals surface area contributed by atoms with Crippen LogP contribution in [0.4, 0.5) is 0 Å². The van der Waals surface area contributed by atoms with Gasteiger partial charge in [-0.2, -0.15) is 0 Å². The minimum atomic E-state index is 0.626. The van der Waals surface area contributed by atoms with Gasteiger partial charge in [0.15, 0.2) is 0 Å². The summed E-state index contributed by atoms with van der Waals surface area (Å²) in [6.07, 6.45) is 20.2. The fourth-order valence-electron chi connectivity index (χ4n) is 4.32. The standard InChI is InChI=1S/C21H43N/c1-4-6-8-10-12-16-21(3,17-13-11-9-7-5-2)20-14-18-22-19-15-20/h20,22H,4-19H2,1-3H3. The van der Waals surface area contributed by atoms with Gasteiger partial charge in [0, 0.05) is 0 Å². The van der Waals surface area contributed by atoms with Crippen LogP contribution < -0.4 is 5.32 Å². The minimum absolute atomic E-state index is 0.626. The van der Waals surface area contributed by atoms with Crippen LogP contribution >= 0.6 is 0 Å². The Kier molecular flexibility index (Phi) is 11.3. The third-order valence-electron chi connectivity index (χ3n) is 6.03. The van der Waals surface area contributed by atoms with Crippen molar-refractivity contribution in [1.29, 1.82) is 0 Å². The molecule has 1 N–H and O–H groups in total. The van der Waals surface area contributed by atoms with Crippen LogP contribution in [0.25, 0.3) is 0 Å². The molecular weight excluding hydrogens is 266 g/mol. The molecule has 1 fully saturated rings. The Morgan fingerprint density at radius 1 is 0.727 bits per heavy atom. The molecule has 1 heteroatoms. The highest BCUT2D eigenvalue weighted by molar-refractivity contribution is 4.85. The first-order chi connectivity index (χ1) is 10.7. The summed E-state index contributed by atoms with van der Waals surface area (Å²) in [4.78, 5) is 0. The van der Waals surface area contributed by atoms with E-state index in [9.17, 15) is 0 Å². The first kappa shape index (κ1) is 20.0. The van der Waals surface area contributed by atoms with Gasteiger partial charge in [-0.3, -0.25) is 0 Å². The predicted molar refractivity (Wildman–Crippen MR) is 100 cm³/mol. The first-order valence-electron chi connectivity index (χ1n) is 10.4. The van der Waals surface area contributed by atoms with Crippen molar-refractivity contribution in [2.75, 3.05) is 13.1 Å². The van der Waals surface area contributed by atoms with E-state index in [4.69, 9.17) is 0 Å². The van der Waals surface area contributed by atoms with Gasteiger partial charge in [-0.15, -0.1) is 0 Å². The van der Waals surface area contributed by atoms with Crippen molar-refractivity contribution < 1.29 is 0 Å². The fourth-order valence-corrected chi connectivity index (χ4v) is 4.32. The molecule has 0 amide bonds. The van der Waals surface area contributed by atoms with Crippen molar-refractivity contribution in [3.05, 3.63) is 0 Å². The Labute approximate surface area is 141 Å². The zero-order valence-corrected chi connectivity index (χ0v) is 15.9. The lowest BCUT2D eigenvalue weighted by molar-refractivity contribution is 0.111. The maximum absolute atomic E-state index is 3.55. The Morgan fingerprint density at radius 3 is 1.64 bits per heavy atom. The Balaban J connectivity index is 2.37. The monoisotopic (exact) mass is 309 g/mol. The van der Waals surface area contributed by atoms with Gasteiger partial charge in [-0.1, -0.05) is 85.0 Å². The van der Waals surface area contributed by atoms with Crippen LogP contribution in [-0.2, 0) is 0 Å². The van der Waals surface area contributed by atoms with E-state index in [0.717, 1.165) is 5.92 Å². The number of rotatable bonds is 13. The number of hydrogen-bond donors (Lipinski definition) is 1. The SMILES string of the molecule is CCCCCCCC(C)(CCCCCCC)C1CCNCC1. The molecular formula is C21H43N. The van der Waals surface area contributed by atoms with E-state index in [-0.39, 0.29) is 0 Å². The second kappa shape index (κ2) is 12.4. The highest BCUT2D eigenvalue weighted by Crippen LogP contribution is 2.42. The van der Waals surface area contributed by atoms with Crippen LogP contribution in [0.5, 0.6) is 0 Å². The summed E-state index contributed by atoms with van der Waals surface area (Å²) in [7, 11) is 0. The molecule has 0 atom stereocenters. The lowest BCUT2D eigenvalue weighted by Crippen LogP contribution is -2.37. The molecule has 1 nitrogen and oxygen atoms in total. The first-order valence-corrected chi connectivity index (χ1v) is 10.4. The molecule has 132 valence electrons. The van der Waals surface area contributed by atoms with Crippen LogP contribution in [-0.4, -0.2) is 13.1 Å². The van der Waals surface area contributed by atoms with Crippen LogP contribution in [0.1, 0.15) is 111 Å². The summed E-state index contributed by atoms with van der Waals surface area (Å²) in [5.41, 5.74) is 0.626. The van der Waals surface area contributed by atoms with Gasteiger partial charge >= 0.3 is 0 Å². The van der Waals surface area contributed by atoms with Gasteiger partial charge in [0.2, 0.25) is 0 Å². The van der Waals surface area contributed by atoms with Crippen molar-refractivity contribution in [3.8, 4) is 0 Å². The largest absolute Gasteiger partial charge is 0.317 e. The lowest BCUT2D eigenvalue weighted by Gasteiger charge is -2.41. The molecule has 1 aliphatic rings. The van der Waals surface area contributed by atoms with Gasteiger partial charge < -0.3 is 5.32 Å². The van der Waals surface area contributed by atoms with Crippen LogP contribution in [0.2, 0.25) is 0 Å². The topological polar surface area (TPSA) is 12.0 Å².